The molecule has 6 heteroatoms. The van der Waals surface area contributed by atoms with Crippen molar-refractivity contribution < 1.29 is 16.9 Å². The second-order valence-electron chi connectivity index (χ2n) is 3.09. The smallest absolute Gasteiger partial charge is 0.247 e. The Morgan fingerprint density at radius 1 is 1.07 bits per heavy atom. The molecule has 0 aromatic carbocycles. The molecule has 0 aliphatic carbocycles. The molecule has 0 aliphatic heterocycles. The average molecular weight is 225 g/mol. The molecule has 0 atom stereocenters. The van der Waals surface area contributed by atoms with Crippen LogP contribution in [-0.2, 0) is 18.9 Å². The topological polar surface area (TPSA) is 78.6 Å². The van der Waals surface area contributed by atoms with Crippen molar-refractivity contribution in [3.05, 3.63) is 0 Å². The van der Waals surface area contributed by atoms with Gasteiger partial charge in [-0.3, -0.25) is 0 Å². The van der Waals surface area contributed by atoms with Gasteiger partial charge >= 0.3 is 10.4 Å². The zero-order valence-corrected chi connectivity index (χ0v) is 9.38. The summed E-state index contributed by atoms with van der Waals surface area (Å²) in [6.07, 6.45) is 6.42. The summed E-state index contributed by atoms with van der Waals surface area (Å²) < 4.78 is 29.2. The molecule has 0 radical (unpaired) electrons. The molecule has 0 amide bonds. The average Bonchev–Trinajstić information content (AvgIpc) is 2.16. The Balaban J connectivity index is 3.22. The quantitative estimate of drug-likeness (QED) is 0.475. The van der Waals surface area contributed by atoms with Crippen molar-refractivity contribution in [3.63, 3.8) is 0 Å². The minimum atomic E-state index is -3.94. The molecule has 14 heavy (non-hydrogen) atoms. The minimum Gasteiger partial charge on any atom is -0.247 e. The van der Waals surface area contributed by atoms with Crippen LogP contribution in [0.3, 0.4) is 0 Å². The summed E-state index contributed by atoms with van der Waals surface area (Å²) in [7, 11) is -3.94. The summed E-state index contributed by atoms with van der Waals surface area (Å²) in [5, 5.41) is 0. The minimum absolute atomic E-state index is 0.145. The molecule has 0 rings (SSSR count). The van der Waals surface area contributed by atoms with Crippen LogP contribution in [0.25, 0.3) is 0 Å². The third-order valence-corrected chi connectivity index (χ3v) is 2.53. The fourth-order valence-corrected chi connectivity index (χ4v) is 1.45. The highest BCUT2D eigenvalue weighted by Crippen LogP contribution is 2.05. The first-order valence-electron chi connectivity index (χ1n) is 4.90. The molecule has 0 aromatic heterocycles. The second-order valence-corrected chi connectivity index (χ2v) is 4.34. The maximum Gasteiger partial charge on any atom is 0.415 e. The lowest BCUT2D eigenvalue weighted by molar-refractivity contribution is 0.214. The Labute approximate surface area is 85.9 Å². The third kappa shape index (κ3) is 8.43. The molecule has 0 bridgehead atoms. The number of nitrogens with two attached hydrogens (primary N) is 1. The van der Waals surface area contributed by atoms with Gasteiger partial charge in [-0.1, -0.05) is 39.0 Å². The fourth-order valence-electron chi connectivity index (χ4n) is 1.07. The van der Waals surface area contributed by atoms with Crippen LogP contribution < -0.4 is 5.90 Å². The van der Waals surface area contributed by atoms with Gasteiger partial charge in [0.2, 0.25) is 0 Å². The van der Waals surface area contributed by atoms with E-state index in [0.717, 1.165) is 12.8 Å². The van der Waals surface area contributed by atoms with Gasteiger partial charge in [0.05, 0.1) is 6.61 Å². The first kappa shape index (κ1) is 13.8. The van der Waals surface area contributed by atoms with E-state index in [2.05, 4.69) is 21.3 Å². The van der Waals surface area contributed by atoms with Crippen LogP contribution in [0.2, 0.25) is 0 Å². The highest BCUT2D eigenvalue weighted by Gasteiger charge is 2.08. The Bertz CT molecular complexity index is 215. The zero-order chi connectivity index (χ0) is 10.9. The molecule has 86 valence electrons. The SMILES string of the molecule is CCCCCCCCOS(=O)(=O)ON. The van der Waals surface area contributed by atoms with Crippen molar-refractivity contribution in [2.75, 3.05) is 6.61 Å². The number of hydrogen-bond donors (Lipinski definition) is 1. The first-order chi connectivity index (χ1) is 6.62. The van der Waals surface area contributed by atoms with Gasteiger partial charge in [0.1, 0.15) is 0 Å². The standard InChI is InChI=1S/C8H19NO4S/c1-2-3-4-5-6-7-8-12-14(10,11)13-9/h2-9H2,1H3. The summed E-state index contributed by atoms with van der Waals surface area (Å²) in [4.78, 5) is 0. The highest BCUT2D eigenvalue weighted by atomic mass is 32.3. The molecule has 0 fully saturated rings. The molecule has 0 heterocycles. The molecule has 2 N–H and O–H groups in total. The third-order valence-electron chi connectivity index (χ3n) is 1.84. The summed E-state index contributed by atoms with van der Waals surface area (Å²) in [5.74, 6) is 4.47. The molecule has 0 aliphatic rings. The molecule has 5 nitrogen and oxygen atoms in total. The molecular formula is C8H19NO4S. The number of rotatable bonds is 9. The number of hydrogen-bond acceptors (Lipinski definition) is 5. The van der Waals surface area contributed by atoms with Crippen molar-refractivity contribution in [3.8, 4) is 0 Å². The summed E-state index contributed by atoms with van der Waals surface area (Å²) in [6.45, 7) is 2.29. The maximum absolute atomic E-state index is 10.6. The largest absolute Gasteiger partial charge is 0.415 e. The van der Waals surface area contributed by atoms with Gasteiger partial charge in [-0.15, -0.1) is 0 Å². The van der Waals surface area contributed by atoms with E-state index in [9.17, 15) is 8.42 Å². The van der Waals surface area contributed by atoms with Crippen LogP contribution in [0, 0.1) is 0 Å². The molecule has 0 saturated carbocycles. The van der Waals surface area contributed by atoms with E-state index in [1.165, 1.54) is 19.3 Å². The molecule has 0 spiro atoms. The van der Waals surface area contributed by atoms with E-state index < -0.39 is 10.4 Å². The second kappa shape index (κ2) is 8.16. The van der Waals surface area contributed by atoms with Crippen molar-refractivity contribution in [1.82, 2.24) is 0 Å². The Morgan fingerprint density at radius 3 is 2.21 bits per heavy atom. The van der Waals surface area contributed by atoms with E-state index in [1.807, 2.05) is 0 Å². The summed E-state index contributed by atoms with van der Waals surface area (Å²) >= 11 is 0. The predicted octanol–water partition coefficient (Wildman–Crippen LogP) is 1.50. The molecular weight excluding hydrogens is 206 g/mol. The lowest BCUT2D eigenvalue weighted by Crippen LogP contribution is -2.14. The summed E-state index contributed by atoms with van der Waals surface area (Å²) in [6, 6.07) is 0. The van der Waals surface area contributed by atoms with E-state index >= 15 is 0 Å². The van der Waals surface area contributed by atoms with Gasteiger partial charge in [-0.2, -0.15) is 18.6 Å². The van der Waals surface area contributed by atoms with Gasteiger partial charge in [-0.05, 0) is 6.42 Å². The van der Waals surface area contributed by atoms with Crippen LogP contribution in [0.4, 0.5) is 0 Å². The van der Waals surface area contributed by atoms with Crippen LogP contribution in [0.1, 0.15) is 45.4 Å². The Morgan fingerprint density at radius 2 is 1.64 bits per heavy atom. The molecule has 0 aromatic rings. The van der Waals surface area contributed by atoms with Crippen molar-refractivity contribution in [1.29, 1.82) is 0 Å². The van der Waals surface area contributed by atoms with E-state index in [4.69, 9.17) is 0 Å². The lowest BCUT2D eigenvalue weighted by atomic mass is 10.1. The monoisotopic (exact) mass is 225 g/mol. The van der Waals surface area contributed by atoms with Gasteiger partial charge in [-0.25, -0.2) is 4.18 Å². The van der Waals surface area contributed by atoms with Crippen LogP contribution in [-0.4, -0.2) is 15.0 Å². The molecule has 0 saturated heterocycles. The lowest BCUT2D eigenvalue weighted by Gasteiger charge is -2.02. The van der Waals surface area contributed by atoms with Crippen LogP contribution in [0.15, 0.2) is 0 Å². The van der Waals surface area contributed by atoms with Crippen molar-refractivity contribution in [2.24, 2.45) is 5.90 Å². The summed E-state index contributed by atoms with van der Waals surface area (Å²) in [5.41, 5.74) is 0. The van der Waals surface area contributed by atoms with E-state index in [1.54, 1.807) is 0 Å². The van der Waals surface area contributed by atoms with Gasteiger partial charge < -0.3 is 0 Å². The number of unbranched alkanes of at least 4 members (excludes halogenated alkanes) is 5. The van der Waals surface area contributed by atoms with E-state index in [0.29, 0.717) is 6.42 Å². The zero-order valence-electron chi connectivity index (χ0n) is 8.57. The normalized spacial score (nSPS) is 11.9. The maximum atomic E-state index is 10.6. The first-order valence-corrected chi connectivity index (χ1v) is 6.23. The predicted molar refractivity (Wildman–Crippen MR) is 53.5 cm³/mol. The van der Waals surface area contributed by atoms with Crippen molar-refractivity contribution >= 4 is 10.4 Å². The van der Waals surface area contributed by atoms with Gasteiger partial charge in [0.15, 0.2) is 0 Å². The Hall–Kier alpha value is -0.170. The fraction of sp³-hybridized carbons (Fsp3) is 1.00. The Kier molecular flexibility index (Phi) is 8.07. The highest BCUT2D eigenvalue weighted by molar-refractivity contribution is 7.81. The van der Waals surface area contributed by atoms with Crippen LogP contribution in [0.5, 0.6) is 0 Å². The van der Waals surface area contributed by atoms with Gasteiger partial charge in [0.25, 0.3) is 0 Å². The van der Waals surface area contributed by atoms with Crippen molar-refractivity contribution in [2.45, 2.75) is 45.4 Å². The van der Waals surface area contributed by atoms with Crippen LogP contribution >= 0.6 is 0 Å². The molecule has 0 unspecified atom stereocenters. The van der Waals surface area contributed by atoms with E-state index in [-0.39, 0.29) is 6.61 Å². The van der Waals surface area contributed by atoms with Gasteiger partial charge in [0, 0.05) is 0 Å².